The molecule has 2 N–H and O–H groups in total. The molecule has 1 heterocycles. The van der Waals surface area contributed by atoms with E-state index < -0.39 is 5.69 Å². The number of benzene rings is 1. The third kappa shape index (κ3) is 2.05. The molecule has 0 bridgehead atoms. The maximum atomic E-state index is 11.9. The van der Waals surface area contributed by atoms with E-state index in [1.165, 1.54) is 16.8 Å². The largest absolute Gasteiger partial charge is 0.378 e. The van der Waals surface area contributed by atoms with Gasteiger partial charge in [-0.25, -0.2) is 4.79 Å². The fourth-order valence-corrected chi connectivity index (χ4v) is 2.88. The first-order chi connectivity index (χ1) is 9.56. The fourth-order valence-electron chi connectivity index (χ4n) is 2.88. The van der Waals surface area contributed by atoms with Gasteiger partial charge in [-0.1, -0.05) is 6.07 Å². The highest BCUT2D eigenvalue weighted by Crippen LogP contribution is 2.37. The van der Waals surface area contributed by atoms with E-state index >= 15 is 0 Å². The van der Waals surface area contributed by atoms with Crippen LogP contribution < -0.4 is 16.1 Å². The molecule has 5 nitrogen and oxygen atoms in total. The summed E-state index contributed by atoms with van der Waals surface area (Å²) in [5.41, 5.74) is 3.53. The van der Waals surface area contributed by atoms with Gasteiger partial charge in [0, 0.05) is 37.5 Å². The second kappa shape index (κ2) is 4.67. The number of H-pyrrole nitrogens is 2. The van der Waals surface area contributed by atoms with Gasteiger partial charge in [-0.3, -0.25) is 9.78 Å². The first-order valence-corrected chi connectivity index (χ1v) is 6.68. The minimum absolute atomic E-state index is 0.0711. The van der Waals surface area contributed by atoms with Gasteiger partial charge in [-0.05, 0) is 36.1 Å². The minimum atomic E-state index is -0.458. The zero-order chi connectivity index (χ0) is 14.3. The first kappa shape index (κ1) is 12.7. The maximum Gasteiger partial charge on any atom is 0.325 e. The van der Waals surface area contributed by atoms with Gasteiger partial charge >= 0.3 is 5.69 Å². The Morgan fingerprint density at radius 3 is 2.70 bits per heavy atom. The van der Waals surface area contributed by atoms with E-state index in [9.17, 15) is 9.59 Å². The summed E-state index contributed by atoms with van der Waals surface area (Å²) in [6.45, 7) is 0. The van der Waals surface area contributed by atoms with Crippen LogP contribution in [-0.4, -0.2) is 24.1 Å². The Labute approximate surface area is 116 Å². The number of aromatic nitrogens is 2. The Morgan fingerprint density at radius 1 is 1.20 bits per heavy atom. The molecule has 2 aromatic rings. The van der Waals surface area contributed by atoms with Crippen molar-refractivity contribution in [2.45, 2.75) is 18.8 Å². The molecule has 1 unspecified atom stereocenters. The standard InChI is InChI=1S/C15H17N3O2/c1-18(2)10-4-6-11-9(7-10)3-5-12(11)13-8-16-15(20)17-14(13)19/h4,6-8,12H,3,5H2,1-2H3,(H2,16,17,19,20). The Hall–Kier alpha value is -2.30. The van der Waals surface area contributed by atoms with Crippen LogP contribution in [0.5, 0.6) is 0 Å². The van der Waals surface area contributed by atoms with Crippen molar-refractivity contribution in [3.05, 3.63) is 61.9 Å². The van der Waals surface area contributed by atoms with E-state index in [1.54, 1.807) is 6.20 Å². The quantitative estimate of drug-likeness (QED) is 0.862. The van der Waals surface area contributed by atoms with Crippen LogP contribution >= 0.6 is 0 Å². The lowest BCUT2D eigenvalue weighted by Crippen LogP contribution is -2.26. The van der Waals surface area contributed by atoms with Crippen LogP contribution in [0.25, 0.3) is 0 Å². The van der Waals surface area contributed by atoms with E-state index in [0.29, 0.717) is 5.56 Å². The van der Waals surface area contributed by atoms with Crippen molar-refractivity contribution >= 4 is 5.69 Å². The highest BCUT2D eigenvalue weighted by atomic mass is 16.2. The minimum Gasteiger partial charge on any atom is -0.378 e. The molecular weight excluding hydrogens is 254 g/mol. The van der Waals surface area contributed by atoms with E-state index in [4.69, 9.17) is 0 Å². The third-order valence-electron chi connectivity index (χ3n) is 3.94. The lowest BCUT2D eigenvalue weighted by Gasteiger charge is -2.15. The number of fused-ring (bicyclic) bond motifs is 1. The monoisotopic (exact) mass is 271 g/mol. The molecule has 1 aromatic heterocycles. The Morgan fingerprint density at radius 2 is 2.00 bits per heavy atom. The average Bonchev–Trinajstić information content (AvgIpc) is 2.81. The van der Waals surface area contributed by atoms with Crippen LogP contribution in [-0.2, 0) is 6.42 Å². The van der Waals surface area contributed by atoms with Gasteiger partial charge in [-0.15, -0.1) is 0 Å². The highest BCUT2D eigenvalue weighted by molar-refractivity contribution is 5.53. The zero-order valence-corrected chi connectivity index (χ0v) is 11.6. The number of nitrogens with one attached hydrogen (secondary N) is 2. The number of hydrogen-bond donors (Lipinski definition) is 2. The van der Waals surface area contributed by atoms with Crippen LogP contribution in [0.15, 0.2) is 34.0 Å². The van der Waals surface area contributed by atoms with Gasteiger partial charge in [0.1, 0.15) is 0 Å². The fraction of sp³-hybridized carbons (Fsp3) is 0.333. The molecule has 1 atom stereocenters. The average molecular weight is 271 g/mol. The molecular formula is C15H17N3O2. The Balaban J connectivity index is 2.05. The molecule has 5 heteroatoms. The topological polar surface area (TPSA) is 69.0 Å². The molecule has 0 spiro atoms. The zero-order valence-electron chi connectivity index (χ0n) is 11.6. The summed E-state index contributed by atoms with van der Waals surface area (Å²) < 4.78 is 0. The predicted octanol–water partition coefficient (Wildman–Crippen LogP) is 1.21. The highest BCUT2D eigenvalue weighted by Gasteiger charge is 2.26. The molecule has 104 valence electrons. The van der Waals surface area contributed by atoms with E-state index in [2.05, 4.69) is 33.1 Å². The Bertz CT molecular complexity index is 758. The van der Waals surface area contributed by atoms with Crippen LogP contribution in [0.2, 0.25) is 0 Å². The number of nitrogens with zero attached hydrogens (tertiary/aromatic N) is 1. The number of rotatable bonds is 2. The van der Waals surface area contributed by atoms with Crippen molar-refractivity contribution in [1.82, 2.24) is 9.97 Å². The number of anilines is 1. The van der Waals surface area contributed by atoms with Crippen LogP contribution in [0.4, 0.5) is 5.69 Å². The van der Waals surface area contributed by atoms with Gasteiger partial charge in [0.2, 0.25) is 0 Å². The molecule has 1 aliphatic carbocycles. The van der Waals surface area contributed by atoms with Crippen LogP contribution in [0, 0.1) is 0 Å². The molecule has 0 saturated heterocycles. The summed E-state index contributed by atoms with van der Waals surface area (Å²) in [6, 6.07) is 6.33. The van der Waals surface area contributed by atoms with Crippen molar-refractivity contribution in [2.24, 2.45) is 0 Å². The number of hydrogen-bond acceptors (Lipinski definition) is 3. The molecule has 3 rings (SSSR count). The van der Waals surface area contributed by atoms with Crippen molar-refractivity contribution < 1.29 is 0 Å². The second-order valence-corrected chi connectivity index (χ2v) is 5.40. The lowest BCUT2D eigenvalue weighted by atomic mass is 9.95. The molecule has 0 saturated carbocycles. The number of aromatic amines is 2. The van der Waals surface area contributed by atoms with Crippen LogP contribution in [0.1, 0.15) is 29.0 Å². The lowest BCUT2D eigenvalue weighted by molar-refractivity contribution is 0.763. The molecule has 20 heavy (non-hydrogen) atoms. The molecule has 1 aromatic carbocycles. The summed E-state index contributed by atoms with van der Waals surface area (Å²) in [7, 11) is 4.03. The Kier molecular flexibility index (Phi) is 2.97. The first-order valence-electron chi connectivity index (χ1n) is 6.68. The molecule has 0 radical (unpaired) electrons. The van der Waals surface area contributed by atoms with E-state index in [0.717, 1.165) is 12.8 Å². The molecule has 0 aliphatic heterocycles. The predicted molar refractivity (Wildman–Crippen MR) is 78.6 cm³/mol. The molecule has 1 aliphatic rings. The maximum absolute atomic E-state index is 11.9. The van der Waals surface area contributed by atoms with Crippen molar-refractivity contribution in [3.63, 3.8) is 0 Å². The summed E-state index contributed by atoms with van der Waals surface area (Å²) in [5.74, 6) is 0.0711. The second-order valence-electron chi connectivity index (χ2n) is 5.40. The SMILES string of the molecule is CN(C)c1ccc2c(c1)CCC2c1c[nH]c(=O)[nH]c1=O. The summed E-state index contributed by atoms with van der Waals surface area (Å²) in [4.78, 5) is 30.0. The van der Waals surface area contributed by atoms with Gasteiger partial charge in [0.05, 0.1) is 0 Å². The number of aryl methyl sites for hydroxylation is 1. The van der Waals surface area contributed by atoms with Gasteiger partial charge < -0.3 is 9.88 Å². The molecule has 0 fully saturated rings. The van der Waals surface area contributed by atoms with Gasteiger partial charge in [-0.2, -0.15) is 0 Å². The molecule has 0 amide bonds. The van der Waals surface area contributed by atoms with Gasteiger partial charge in [0.15, 0.2) is 0 Å². The van der Waals surface area contributed by atoms with Crippen molar-refractivity contribution in [3.8, 4) is 0 Å². The van der Waals surface area contributed by atoms with Crippen LogP contribution in [0.3, 0.4) is 0 Å². The van der Waals surface area contributed by atoms with Gasteiger partial charge in [0.25, 0.3) is 5.56 Å². The van der Waals surface area contributed by atoms with Crippen molar-refractivity contribution in [1.29, 1.82) is 0 Å². The normalized spacial score (nSPS) is 17.0. The smallest absolute Gasteiger partial charge is 0.325 e. The van der Waals surface area contributed by atoms with Crippen molar-refractivity contribution in [2.75, 3.05) is 19.0 Å². The van der Waals surface area contributed by atoms with E-state index in [-0.39, 0.29) is 11.5 Å². The summed E-state index contributed by atoms with van der Waals surface area (Å²) in [6.07, 6.45) is 3.41. The third-order valence-corrected chi connectivity index (χ3v) is 3.94. The summed E-state index contributed by atoms with van der Waals surface area (Å²) >= 11 is 0. The van der Waals surface area contributed by atoms with E-state index in [1.807, 2.05) is 14.1 Å². The summed E-state index contributed by atoms with van der Waals surface area (Å²) in [5, 5.41) is 0.